The van der Waals surface area contributed by atoms with E-state index in [1.54, 1.807) is 13.8 Å². The highest BCUT2D eigenvalue weighted by molar-refractivity contribution is 5.95. The van der Waals surface area contributed by atoms with E-state index < -0.39 is 23.3 Å². The molecule has 6 nitrogen and oxygen atoms in total. The van der Waals surface area contributed by atoms with Crippen LogP contribution in [0.3, 0.4) is 0 Å². The van der Waals surface area contributed by atoms with Gasteiger partial charge in [0.2, 0.25) is 0 Å². The minimum Gasteiger partial charge on any atom is -0.466 e. The Labute approximate surface area is 228 Å². The molecule has 37 heavy (non-hydrogen) atoms. The quantitative estimate of drug-likeness (QED) is 0.0614. The third kappa shape index (κ3) is 14.2. The highest BCUT2D eigenvalue weighted by atomic mass is 16.6. The molecular formula is C31H58O6. The molecular weight excluding hydrogens is 468 g/mol. The predicted molar refractivity (Wildman–Crippen MR) is 150 cm³/mol. The molecule has 0 rings (SSSR count). The Bertz CT molecular complexity index is 622. The lowest BCUT2D eigenvalue weighted by Gasteiger charge is -2.32. The van der Waals surface area contributed by atoms with Crippen LogP contribution in [0.1, 0.15) is 139 Å². The van der Waals surface area contributed by atoms with Crippen LogP contribution in [0.25, 0.3) is 0 Å². The van der Waals surface area contributed by atoms with Crippen LogP contribution in [-0.2, 0) is 28.6 Å². The molecule has 1 unspecified atom stereocenters. The summed E-state index contributed by atoms with van der Waals surface area (Å²) in [6.45, 7) is 16.8. The number of hydrogen-bond donors (Lipinski definition) is 0. The SMILES string of the molecule is CCOC(=O)C(CC)C(C)(C)CCCCCCCCCCCCC(C)(C)C(C(=O)OCC)C(=O)OCC. The standard InChI is InChI=1S/C31H58O6/c1-9-25(27(32)35-10-2)30(5,6)23-21-19-17-15-13-14-16-18-20-22-24-31(7,8)26(28(33)36-11-3)29(34)37-12-4/h25-26H,9-24H2,1-8H3. The van der Waals surface area contributed by atoms with Crippen molar-refractivity contribution in [3.8, 4) is 0 Å². The van der Waals surface area contributed by atoms with Crippen LogP contribution < -0.4 is 0 Å². The zero-order chi connectivity index (χ0) is 28.3. The van der Waals surface area contributed by atoms with Gasteiger partial charge in [0, 0.05) is 0 Å². The Morgan fingerprint density at radius 2 is 0.838 bits per heavy atom. The van der Waals surface area contributed by atoms with Crippen molar-refractivity contribution >= 4 is 17.9 Å². The molecule has 0 aliphatic rings. The van der Waals surface area contributed by atoms with Gasteiger partial charge in [0.15, 0.2) is 5.92 Å². The van der Waals surface area contributed by atoms with Crippen LogP contribution in [0, 0.1) is 22.7 Å². The smallest absolute Gasteiger partial charge is 0.320 e. The van der Waals surface area contributed by atoms with Crippen LogP contribution in [-0.4, -0.2) is 37.7 Å². The van der Waals surface area contributed by atoms with E-state index in [0.29, 0.717) is 6.61 Å². The molecule has 218 valence electrons. The molecule has 0 aromatic rings. The van der Waals surface area contributed by atoms with E-state index in [1.807, 2.05) is 20.8 Å². The summed E-state index contributed by atoms with van der Waals surface area (Å²) in [4.78, 5) is 37.1. The predicted octanol–water partition coefficient (Wildman–Crippen LogP) is 8.05. The first-order valence-electron chi connectivity index (χ1n) is 15.0. The second-order valence-corrected chi connectivity index (χ2v) is 11.7. The maximum Gasteiger partial charge on any atom is 0.320 e. The number of ether oxygens (including phenoxy) is 3. The molecule has 0 N–H and O–H groups in total. The Balaban J connectivity index is 4.09. The molecule has 1 atom stereocenters. The Hall–Kier alpha value is -1.59. The van der Waals surface area contributed by atoms with Gasteiger partial charge >= 0.3 is 17.9 Å². The molecule has 0 saturated carbocycles. The summed E-state index contributed by atoms with van der Waals surface area (Å²) in [5.41, 5.74) is -0.497. The summed E-state index contributed by atoms with van der Waals surface area (Å²) in [6.07, 6.45) is 14.6. The van der Waals surface area contributed by atoms with E-state index in [2.05, 4.69) is 20.8 Å². The first kappa shape index (κ1) is 35.4. The molecule has 0 aromatic heterocycles. The summed E-state index contributed by atoms with van der Waals surface area (Å²) in [5.74, 6) is -1.87. The van der Waals surface area contributed by atoms with Crippen molar-refractivity contribution in [3.63, 3.8) is 0 Å². The van der Waals surface area contributed by atoms with E-state index in [4.69, 9.17) is 14.2 Å². The number of unbranched alkanes of at least 4 members (excludes halogenated alkanes) is 9. The van der Waals surface area contributed by atoms with Crippen molar-refractivity contribution in [3.05, 3.63) is 0 Å². The summed E-state index contributed by atoms with van der Waals surface area (Å²) < 4.78 is 15.6. The second kappa shape index (κ2) is 19.5. The van der Waals surface area contributed by atoms with Crippen LogP contribution in [0.15, 0.2) is 0 Å². The molecule has 0 bridgehead atoms. The van der Waals surface area contributed by atoms with Gasteiger partial charge in [-0.3, -0.25) is 14.4 Å². The van der Waals surface area contributed by atoms with E-state index in [0.717, 1.165) is 38.5 Å². The van der Waals surface area contributed by atoms with Gasteiger partial charge in [-0.05, 0) is 50.9 Å². The lowest BCUT2D eigenvalue weighted by molar-refractivity contribution is -0.167. The maximum atomic E-state index is 12.4. The first-order valence-corrected chi connectivity index (χ1v) is 15.0. The fourth-order valence-corrected chi connectivity index (χ4v) is 5.36. The largest absolute Gasteiger partial charge is 0.466 e. The number of carbonyl (C=O) groups is 3. The second-order valence-electron chi connectivity index (χ2n) is 11.7. The van der Waals surface area contributed by atoms with Crippen molar-refractivity contribution in [2.75, 3.05) is 19.8 Å². The highest BCUT2D eigenvalue weighted by Gasteiger charge is 2.42. The average Bonchev–Trinajstić information content (AvgIpc) is 2.80. The van der Waals surface area contributed by atoms with Gasteiger partial charge in [-0.1, -0.05) is 98.8 Å². The van der Waals surface area contributed by atoms with Crippen LogP contribution in [0.2, 0.25) is 0 Å². The molecule has 0 amide bonds. The molecule has 0 aliphatic carbocycles. The molecule has 0 fully saturated rings. The lowest BCUT2D eigenvalue weighted by Crippen LogP contribution is -2.39. The van der Waals surface area contributed by atoms with Gasteiger partial charge in [-0.15, -0.1) is 0 Å². The number of esters is 3. The van der Waals surface area contributed by atoms with Crippen molar-refractivity contribution in [2.45, 2.75) is 139 Å². The molecule has 0 aromatic carbocycles. The Morgan fingerprint density at radius 3 is 1.19 bits per heavy atom. The van der Waals surface area contributed by atoms with E-state index in [1.165, 1.54) is 44.9 Å². The molecule has 0 spiro atoms. The van der Waals surface area contributed by atoms with Crippen molar-refractivity contribution in [2.24, 2.45) is 22.7 Å². The van der Waals surface area contributed by atoms with E-state index in [-0.39, 0.29) is 30.5 Å². The zero-order valence-electron chi connectivity index (χ0n) is 25.4. The van der Waals surface area contributed by atoms with Gasteiger partial charge in [-0.25, -0.2) is 0 Å². The maximum absolute atomic E-state index is 12.4. The van der Waals surface area contributed by atoms with Gasteiger partial charge in [0.25, 0.3) is 0 Å². The van der Waals surface area contributed by atoms with Gasteiger partial charge in [0.05, 0.1) is 25.7 Å². The topological polar surface area (TPSA) is 78.9 Å². The monoisotopic (exact) mass is 526 g/mol. The normalized spacial score (nSPS) is 12.9. The minimum absolute atomic E-state index is 0.0117. The highest BCUT2D eigenvalue weighted by Crippen LogP contribution is 2.36. The van der Waals surface area contributed by atoms with E-state index >= 15 is 0 Å². The molecule has 0 saturated heterocycles. The van der Waals surface area contributed by atoms with Crippen molar-refractivity contribution in [1.82, 2.24) is 0 Å². The fourth-order valence-electron chi connectivity index (χ4n) is 5.36. The number of hydrogen-bond acceptors (Lipinski definition) is 6. The van der Waals surface area contributed by atoms with E-state index in [9.17, 15) is 14.4 Å². The van der Waals surface area contributed by atoms with Crippen LogP contribution in [0.5, 0.6) is 0 Å². The molecule has 6 heteroatoms. The van der Waals surface area contributed by atoms with Crippen molar-refractivity contribution < 1.29 is 28.6 Å². The third-order valence-electron chi connectivity index (χ3n) is 7.64. The molecule has 0 heterocycles. The first-order chi connectivity index (χ1) is 17.5. The summed E-state index contributed by atoms with van der Waals surface area (Å²) in [5, 5.41) is 0. The fraction of sp³-hybridized carbons (Fsp3) is 0.903. The van der Waals surface area contributed by atoms with Crippen LogP contribution in [0.4, 0.5) is 0 Å². The van der Waals surface area contributed by atoms with Crippen molar-refractivity contribution in [1.29, 1.82) is 0 Å². The zero-order valence-corrected chi connectivity index (χ0v) is 25.4. The third-order valence-corrected chi connectivity index (χ3v) is 7.64. The summed E-state index contributed by atoms with van der Waals surface area (Å²) >= 11 is 0. The summed E-state index contributed by atoms with van der Waals surface area (Å²) in [7, 11) is 0. The molecule has 0 aliphatic heterocycles. The van der Waals surface area contributed by atoms with Gasteiger partial charge in [-0.2, -0.15) is 0 Å². The average molecular weight is 527 g/mol. The lowest BCUT2D eigenvalue weighted by atomic mass is 9.73. The Morgan fingerprint density at radius 1 is 0.514 bits per heavy atom. The van der Waals surface area contributed by atoms with Gasteiger partial charge in [0.1, 0.15) is 0 Å². The number of rotatable bonds is 22. The summed E-state index contributed by atoms with van der Waals surface area (Å²) in [6, 6.07) is 0. The van der Waals surface area contributed by atoms with Gasteiger partial charge < -0.3 is 14.2 Å². The number of carbonyl (C=O) groups excluding carboxylic acids is 3. The minimum atomic E-state index is -0.865. The molecule has 0 radical (unpaired) electrons. The van der Waals surface area contributed by atoms with Crippen LogP contribution >= 0.6 is 0 Å². The Kier molecular flexibility index (Phi) is 18.6.